The van der Waals surface area contributed by atoms with Gasteiger partial charge in [-0.3, -0.25) is 19.2 Å². The van der Waals surface area contributed by atoms with Gasteiger partial charge >= 0.3 is 5.97 Å². The van der Waals surface area contributed by atoms with E-state index in [9.17, 15) is 131 Å². The first-order chi connectivity index (χ1) is 45.2. The first kappa shape index (κ1) is 79.4. The van der Waals surface area contributed by atoms with Crippen LogP contribution in [0.4, 0.5) is 0 Å². The lowest BCUT2D eigenvalue weighted by atomic mass is 9.88. The Morgan fingerprint density at radius 3 is 1.24 bits per heavy atom. The molecule has 0 aromatic heterocycles. The molecule has 43 nitrogen and oxygen atoms in total. The standard InChI is InChI=1S/C53H88N4O39/c1-13(63)54-25-17(67)5-53(52(82)83,96-44(25)29(69)18(68)6-58)85-12-24-32(72)37(77)40(80)50(91-24)94-43-22(10-62)89-48(28(35(43)75)57-16(4)66)95-45-38(78)30(70)19(7-59)87-51(45)84-11-23-31(71)36(76)39(79)49(90-23)93-42-21(9-61)88-47(27(34(42)74)56-15(3)65)92-41-20(8-60)86-46(81)26(33(41)73)55-14(2)64/h17-51,58-62,67-81H,5-12H2,1-4H3,(H,54,63)(H,55,64)(H,56,65)(H,57,66)(H,82,83)/t17-,18+,19+,20+,21+,22+,23+,24+,25+,26+,27+,28+,29+,30+,31+,32-,33+,34+,35+,36-,37-,38-,39-,40+,41+,42+,43+,44+,45-,46+,47-,48-,49+,50+,51-,53+/m0/s1. The monoisotopic (exact) mass is 1400 g/mol. The van der Waals surface area contributed by atoms with Crippen molar-refractivity contribution in [2.45, 2.75) is 254 Å². The lowest BCUT2D eigenvalue weighted by molar-refractivity contribution is -0.381. The van der Waals surface area contributed by atoms with E-state index >= 15 is 0 Å². The quantitative estimate of drug-likeness (QED) is 0.0382. The van der Waals surface area contributed by atoms with Gasteiger partial charge in [0.05, 0.1) is 58.4 Å². The Labute approximate surface area is 543 Å². The number of hydrogen-bond donors (Lipinski definition) is 25. The Hall–Kier alpha value is -3.97. The number of aliphatic hydroxyl groups is 20. The van der Waals surface area contributed by atoms with Gasteiger partial charge in [-0.25, -0.2) is 4.79 Å². The zero-order valence-electron chi connectivity index (χ0n) is 51.6. The zero-order valence-corrected chi connectivity index (χ0v) is 51.6. The number of carbonyl (C=O) groups is 5. The Kier molecular flexibility index (Phi) is 28.2. The van der Waals surface area contributed by atoms with Crippen LogP contribution in [-0.2, 0) is 85.6 Å². The van der Waals surface area contributed by atoms with Crippen molar-refractivity contribution in [3.05, 3.63) is 0 Å². The Morgan fingerprint density at radius 2 is 0.802 bits per heavy atom. The van der Waals surface area contributed by atoms with E-state index in [1.807, 2.05) is 0 Å². The Morgan fingerprint density at radius 1 is 0.427 bits per heavy atom. The number of rotatable bonds is 26. The molecule has 554 valence electrons. The third-order valence-electron chi connectivity index (χ3n) is 17.1. The smallest absolute Gasteiger partial charge is 0.364 e. The van der Waals surface area contributed by atoms with Crippen molar-refractivity contribution in [2.24, 2.45) is 0 Å². The van der Waals surface area contributed by atoms with Crippen LogP contribution in [0.5, 0.6) is 0 Å². The normalized spacial score (nSPS) is 46.0. The lowest BCUT2D eigenvalue weighted by Crippen LogP contribution is -2.70. The number of carboxylic acids is 1. The zero-order chi connectivity index (χ0) is 71.3. The molecule has 0 aromatic carbocycles. The van der Waals surface area contributed by atoms with Gasteiger partial charge in [-0.1, -0.05) is 0 Å². The lowest BCUT2D eigenvalue weighted by Gasteiger charge is -2.50. The summed E-state index contributed by atoms with van der Waals surface area (Å²) in [4.78, 5) is 62.1. The van der Waals surface area contributed by atoms with Gasteiger partial charge in [0.2, 0.25) is 23.6 Å². The summed E-state index contributed by atoms with van der Waals surface area (Å²) in [6.45, 7) is -3.42. The van der Waals surface area contributed by atoms with Crippen molar-refractivity contribution >= 4 is 29.6 Å². The van der Waals surface area contributed by atoms with Crippen LogP contribution in [0.1, 0.15) is 34.1 Å². The fraction of sp³-hybridized carbons (Fsp3) is 0.906. The maximum absolute atomic E-state index is 12.8. The molecular formula is C53H88N4O39. The molecule has 7 rings (SSSR count). The van der Waals surface area contributed by atoms with Gasteiger partial charge in [0.15, 0.2) is 37.7 Å². The van der Waals surface area contributed by atoms with Gasteiger partial charge in [0, 0.05) is 34.1 Å². The second kappa shape index (κ2) is 34.1. The number of hydrogen-bond acceptors (Lipinski definition) is 38. The van der Waals surface area contributed by atoms with Crippen molar-refractivity contribution in [3.63, 3.8) is 0 Å². The Balaban J connectivity index is 1.06. The minimum absolute atomic E-state index is 0.728. The number of carbonyl (C=O) groups excluding carboxylic acids is 4. The van der Waals surface area contributed by atoms with E-state index in [0.717, 1.165) is 27.7 Å². The molecule has 43 heteroatoms. The van der Waals surface area contributed by atoms with Gasteiger partial charge in [0.25, 0.3) is 5.79 Å². The second-order valence-electron chi connectivity index (χ2n) is 24.0. The fourth-order valence-corrected chi connectivity index (χ4v) is 12.1. The maximum atomic E-state index is 12.8. The van der Waals surface area contributed by atoms with Crippen LogP contribution in [0, 0.1) is 0 Å². The highest BCUT2D eigenvalue weighted by Gasteiger charge is 2.60. The van der Waals surface area contributed by atoms with Crippen molar-refractivity contribution in [1.29, 1.82) is 0 Å². The molecule has 0 radical (unpaired) electrons. The summed E-state index contributed by atoms with van der Waals surface area (Å²) in [6, 6.07) is -6.82. The van der Waals surface area contributed by atoms with Crippen molar-refractivity contribution in [1.82, 2.24) is 21.3 Å². The number of amides is 4. The van der Waals surface area contributed by atoms with Crippen LogP contribution in [0.25, 0.3) is 0 Å². The molecule has 0 spiro atoms. The summed E-state index contributed by atoms with van der Waals surface area (Å²) in [5.74, 6) is -8.33. The number of ether oxygens (including phenoxy) is 13. The van der Waals surface area contributed by atoms with Crippen LogP contribution in [0.15, 0.2) is 0 Å². The van der Waals surface area contributed by atoms with E-state index in [1.165, 1.54) is 0 Å². The topological polar surface area (TPSA) is 678 Å². The predicted octanol–water partition coefficient (Wildman–Crippen LogP) is -16.5. The third kappa shape index (κ3) is 17.7. The number of carboxylic acid groups (broad SMARTS) is 1. The minimum Gasteiger partial charge on any atom is -0.477 e. The van der Waals surface area contributed by atoms with Crippen LogP contribution >= 0.6 is 0 Å². The SMILES string of the molecule is CC(=O)N[C@@H]1[C@@H](O)[C@H](O[C@@H]2O[C@H](CO)[C@@H](O[C@H]3O[C@H](CO[C@H]4O[C@H](CO)[C@@H](O)[C@H](O)[C@@H]4O[C@@H]4O[C@H](CO)[C@@H](O[C@H]5O[C@H](CO[C@]6(C(=O)O)C[C@H](O)[C@@H](NC(C)=O)[C@H]([C@H](O)[C@H](O)CO)O6)[C@H](O)[C@H](O)[C@H]5O)[C@H](O)[C@H]4NC(C)=O)[C@@H](O)[C@H](O)[C@@H]3O)[C@H](O)[C@H]2NC(C)=O)[C@@H](CO)O[C@H]1O. The Bertz CT molecular complexity index is 2540. The van der Waals surface area contributed by atoms with Crippen LogP contribution in [0.3, 0.4) is 0 Å². The molecule has 0 aliphatic carbocycles. The van der Waals surface area contributed by atoms with E-state index < -0.39 is 303 Å². The molecule has 7 saturated heterocycles. The van der Waals surface area contributed by atoms with Gasteiger partial charge in [0.1, 0.15) is 165 Å². The molecule has 25 N–H and O–H groups in total. The highest BCUT2D eigenvalue weighted by Crippen LogP contribution is 2.39. The van der Waals surface area contributed by atoms with Gasteiger partial charge in [-0.15, -0.1) is 0 Å². The average Bonchev–Trinajstić information content (AvgIpc) is 0.761. The average molecular weight is 1410 g/mol. The summed E-state index contributed by atoms with van der Waals surface area (Å²) in [5, 5.41) is 238. The molecule has 0 unspecified atom stereocenters. The molecule has 7 fully saturated rings. The van der Waals surface area contributed by atoms with E-state index in [4.69, 9.17) is 61.6 Å². The van der Waals surface area contributed by atoms with Crippen molar-refractivity contribution in [2.75, 3.05) is 46.2 Å². The van der Waals surface area contributed by atoms with Crippen molar-refractivity contribution < 1.29 is 193 Å². The number of aliphatic carboxylic acids is 1. The summed E-state index contributed by atoms with van der Waals surface area (Å²) in [6.07, 6.45) is -63.5. The van der Waals surface area contributed by atoms with Gasteiger partial charge in [-0.05, 0) is 0 Å². The minimum atomic E-state index is -3.02. The highest BCUT2D eigenvalue weighted by atomic mass is 16.8. The second-order valence-corrected chi connectivity index (χ2v) is 24.0. The predicted molar refractivity (Wildman–Crippen MR) is 295 cm³/mol. The largest absolute Gasteiger partial charge is 0.477 e. The molecule has 0 aromatic rings. The molecule has 4 amide bonds. The summed E-state index contributed by atoms with van der Waals surface area (Å²) in [7, 11) is 0. The van der Waals surface area contributed by atoms with Crippen molar-refractivity contribution in [3.8, 4) is 0 Å². The molecule has 7 aliphatic rings. The van der Waals surface area contributed by atoms with Gasteiger partial charge in [-0.2, -0.15) is 0 Å². The van der Waals surface area contributed by atoms with Crippen LogP contribution < -0.4 is 21.3 Å². The van der Waals surface area contributed by atoms with Gasteiger partial charge < -0.3 is 190 Å². The number of aliphatic hydroxyl groups excluding tert-OH is 20. The molecule has 96 heavy (non-hydrogen) atoms. The highest BCUT2D eigenvalue weighted by molar-refractivity contribution is 5.77. The molecule has 36 atom stereocenters. The summed E-state index contributed by atoms with van der Waals surface area (Å²) in [5.41, 5.74) is 0. The van der Waals surface area contributed by atoms with Crippen LogP contribution in [-0.4, -0.2) is 403 Å². The molecule has 7 heterocycles. The molecule has 0 bridgehead atoms. The van der Waals surface area contributed by atoms with E-state index in [2.05, 4.69) is 21.3 Å². The molecule has 0 saturated carbocycles. The fourth-order valence-electron chi connectivity index (χ4n) is 12.1. The molecule has 7 aliphatic heterocycles. The van der Waals surface area contributed by atoms with E-state index in [0.29, 0.717) is 0 Å². The first-order valence-electron chi connectivity index (χ1n) is 30.2. The van der Waals surface area contributed by atoms with E-state index in [1.54, 1.807) is 0 Å². The van der Waals surface area contributed by atoms with Crippen LogP contribution in [0.2, 0.25) is 0 Å². The summed E-state index contributed by atoms with van der Waals surface area (Å²) < 4.78 is 75.1. The first-order valence-corrected chi connectivity index (χ1v) is 30.2. The molecular weight excluding hydrogens is 1320 g/mol. The number of nitrogens with one attached hydrogen (secondary N) is 4. The maximum Gasteiger partial charge on any atom is 0.364 e. The van der Waals surface area contributed by atoms with E-state index in [-0.39, 0.29) is 0 Å². The third-order valence-corrected chi connectivity index (χ3v) is 17.1. The summed E-state index contributed by atoms with van der Waals surface area (Å²) >= 11 is 0.